The highest BCUT2D eigenvalue weighted by molar-refractivity contribution is 8.22. The van der Waals surface area contributed by atoms with Gasteiger partial charge in [0.15, 0.2) is 0 Å². The van der Waals surface area contributed by atoms with E-state index in [0.29, 0.717) is 12.4 Å². The zero-order valence-electron chi connectivity index (χ0n) is 9.30. The van der Waals surface area contributed by atoms with Gasteiger partial charge in [-0.2, -0.15) is 0 Å². The van der Waals surface area contributed by atoms with Crippen LogP contribution in [-0.2, 0) is 16.3 Å². The number of hydrogen-bond donors (Lipinski definition) is 0. The summed E-state index contributed by atoms with van der Waals surface area (Å²) in [6.45, 7) is 2.29. The van der Waals surface area contributed by atoms with E-state index in [1.54, 1.807) is 0 Å². The quantitative estimate of drug-likeness (QED) is 0.758. The summed E-state index contributed by atoms with van der Waals surface area (Å²) in [4.78, 5) is 0. The van der Waals surface area contributed by atoms with E-state index >= 15 is 0 Å². The molecule has 0 aliphatic heterocycles. The molecule has 0 amide bonds. The Kier molecular flexibility index (Phi) is 4.05. The minimum absolute atomic E-state index is 0.453. The summed E-state index contributed by atoms with van der Waals surface area (Å²) in [7, 11) is 0. The molecule has 2 nitrogen and oxygen atoms in total. The average Bonchev–Trinajstić information content (AvgIpc) is 2.28. The summed E-state index contributed by atoms with van der Waals surface area (Å²) in [6.07, 6.45) is 0. The molecule has 0 aromatic heterocycles. The van der Waals surface area contributed by atoms with Crippen molar-refractivity contribution in [3.05, 3.63) is 42.5 Å². The van der Waals surface area contributed by atoms with Gasteiger partial charge in [-0.25, -0.2) is 0 Å². The van der Waals surface area contributed by atoms with E-state index < -0.39 is 5.84 Å². The molecule has 1 unspecified atom stereocenters. The van der Waals surface area contributed by atoms with Crippen LogP contribution in [0.3, 0.4) is 0 Å². The normalized spacial score (nSPS) is 14.5. The van der Waals surface area contributed by atoms with Gasteiger partial charge in [0.25, 0.3) is 0 Å². The largest absolute Gasteiger partial charge is 0.433 e. The van der Waals surface area contributed by atoms with Crippen LogP contribution in [0.4, 0.5) is 0 Å². The van der Waals surface area contributed by atoms with Gasteiger partial charge in [0.1, 0.15) is 5.75 Å². The van der Waals surface area contributed by atoms with Crippen molar-refractivity contribution >= 4 is 39.7 Å². The number of hydrogen-bond acceptors (Lipinski definition) is 3. The Balaban J connectivity index is 2.28. The first kappa shape index (κ1) is 12.8. The molecule has 0 aliphatic carbocycles. The lowest BCUT2D eigenvalue weighted by Gasteiger charge is -2.15. The predicted octanol–water partition coefficient (Wildman–Crippen LogP) is 4.72. The molecule has 0 radical (unpaired) electrons. The van der Waals surface area contributed by atoms with Crippen molar-refractivity contribution < 1.29 is 9.05 Å². The van der Waals surface area contributed by atoms with E-state index in [2.05, 4.69) is 0 Å². The molecule has 0 N–H and O–H groups in total. The molecule has 0 bridgehead atoms. The van der Waals surface area contributed by atoms with Crippen LogP contribution >= 0.6 is 17.1 Å². The minimum Gasteiger partial charge on any atom is -0.433 e. The van der Waals surface area contributed by atoms with E-state index in [4.69, 9.17) is 32.1 Å². The second kappa shape index (κ2) is 5.36. The van der Waals surface area contributed by atoms with Crippen LogP contribution in [0.1, 0.15) is 6.92 Å². The van der Waals surface area contributed by atoms with Crippen LogP contribution in [0, 0.1) is 0 Å². The first-order valence-corrected chi connectivity index (χ1v) is 8.78. The Labute approximate surface area is 110 Å². The fourth-order valence-electron chi connectivity index (χ4n) is 1.53. The Bertz CT molecular complexity index is 573. The van der Waals surface area contributed by atoms with Gasteiger partial charge in [0.05, 0.1) is 6.61 Å². The van der Waals surface area contributed by atoms with Gasteiger partial charge in [-0.15, -0.1) is 0 Å². The molecule has 0 fully saturated rings. The average molecular weight is 287 g/mol. The number of rotatable bonds is 4. The highest BCUT2D eigenvalue weighted by atomic mass is 35.7. The smallest absolute Gasteiger partial charge is 0.332 e. The lowest BCUT2D eigenvalue weighted by Crippen LogP contribution is -1.91. The van der Waals surface area contributed by atoms with Gasteiger partial charge in [-0.05, 0) is 52.9 Å². The number of halogens is 1. The van der Waals surface area contributed by atoms with Crippen molar-refractivity contribution in [2.75, 3.05) is 6.61 Å². The molecule has 17 heavy (non-hydrogen) atoms. The van der Waals surface area contributed by atoms with Crippen molar-refractivity contribution in [3.63, 3.8) is 0 Å². The van der Waals surface area contributed by atoms with Crippen molar-refractivity contribution in [2.24, 2.45) is 0 Å². The maximum Gasteiger partial charge on any atom is 0.332 e. The number of fused-ring (bicyclic) bond motifs is 1. The molecular formula is C12H12ClO2PS. The van der Waals surface area contributed by atoms with Crippen molar-refractivity contribution in [3.8, 4) is 5.75 Å². The topological polar surface area (TPSA) is 18.5 Å². The molecule has 1 atom stereocenters. The fourth-order valence-corrected chi connectivity index (χ4v) is 3.36. The second-order valence-electron chi connectivity index (χ2n) is 3.45. The van der Waals surface area contributed by atoms with Crippen LogP contribution in [0.25, 0.3) is 10.8 Å². The first-order valence-electron chi connectivity index (χ1n) is 5.23. The highest BCUT2D eigenvalue weighted by Crippen LogP contribution is 2.53. The van der Waals surface area contributed by atoms with E-state index in [-0.39, 0.29) is 0 Å². The molecule has 90 valence electrons. The van der Waals surface area contributed by atoms with Crippen LogP contribution < -0.4 is 4.52 Å². The highest BCUT2D eigenvalue weighted by Gasteiger charge is 2.15. The third-order valence-electron chi connectivity index (χ3n) is 2.22. The Morgan fingerprint density at radius 3 is 2.59 bits per heavy atom. The lowest BCUT2D eigenvalue weighted by atomic mass is 10.1. The molecule has 0 aliphatic rings. The molecule has 0 spiro atoms. The Morgan fingerprint density at radius 2 is 1.88 bits per heavy atom. The molecule has 2 aromatic carbocycles. The van der Waals surface area contributed by atoms with Crippen molar-refractivity contribution in [1.29, 1.82) is 0 Å². The summed E-state index contributed by atoms with van der Waals surface area (Å²) < 4.78 is 10.7. The molecule has 0 saturated heterocycles. The summed E-state index contributed by atoms with van der Waals surface area (Å²) in [5, 5.41) is 2.24. The summed E-state index contributed by atoms with van der Waals surface area (Å²) >= 11 is 11.1. The summed E-state index contributed by atoms with van der Waals surface area (Å²) in [5.41, 5.74) is 0. The maximum absolute atomic E-state index is 6.00. The summed E-state index contributed by atoms with van der Waals surface area (Å²) in [5.74, 6) is -2.04. The van der Waals surface area contributed by atoms with E-state index in [0.717, 1.165) is 10.8 Å². The van der Waals surface area contributed by atoms with Gasteiger partial charge in [0.2, 0.25) is 0 Å². The van der Waals surface area contributed by atoms with Gasteiger partial charge < -0.3 is 9.05 Å². The van der Waals surface area contributed by atoms with E-state index in [9.17, 15) is 0 Å². The van der Waals surface area contributed by atoms with Crippen molar-refractivity contribution in [2.45, 2.75) is 6.92 Å². The van der Waals surface area contributed by atoms with Gasteiger partial charge >= 0.3 is 5.84 Å². The minimum atomic E-state index is -2.69. The molecule has 5 heteroatoms. The third-order valence-corrected chi connectivity index (χ3v) is 4.25. The zero-order valence-corrected chi connectivity index (χ0v) is 11.8. The summed E-state index contributed by atoms with van der Waals surface area (Å²) in [6, 6.07) is 13.8. The van der Waals surface area contributed by atoms with E-state index in [1.807, 2.05) is 49.4 Å². The predicted molar refractivity (Wildman–Crippen MR) is 76.3 cm³/mol. The molecule has 2 aromatic rings. The first-order chi connectivity index (χ1) is 8.11. The van der Waals surface area contributed by atoms with Gasteiger partial charge in [-0.3, -0.25) is 0 Å². The Morgan fingerprint density at radius 1 is 1.18 bits per heavy atom. The number of benzene rings is 2. The maximum atomic E-state index is 6.00. The Hall–Kier alpha value is -0.600. The van der Waals surface area contributed by atoms with Crippen molar-refractivity contribution in [1.82, 2.24) is 0 Å². The zero-order chi connectivity index (χ0) is 12.3. The molecule has 0 saturated carbocycles. The lowest BCUT2D eigenvalue weighted by molar-refractivity contribution is 0.343. The fraction of sp³-hybridized carbons (Fsp3) is 0.167. The van der Waals surface area contributed by atoms with E-state index in [1.165, 1.54) is 0 Å². The second-order valence-corrected chi connectivity index (χ2v) is 8.13. The molecule has 0 heterocycles. The molecule has 2 rings (SSSR count). The third kappa shape index (κ3) is 3.43. The standard InChI is InChI=1S/C12H12ClO2PS/c1-2-14-16(13,17)15-12-8-7-10-5-3-4-6-11(10)9-12/h3-9H,2H2,1H3. The van der Waals surface area contributed by atoms with Gasteiger partial charge in [0, 0.05) is 0 Å². The van der Waals surface area contributed by atoms with Crippen LogP contribution in [0.5, 0.6) is 5.75 Å². The van der Waals surface area contributed by atoms with Gasteiger partial charge in [-0.1, -0.05) is 30.3 Å². The van der Waals surface area contributed by atoms with Crippen LogP contribution in [0.15, 0.2) is 42.5 Å². The van der Waals surface area contributed by atoms with Crippen LogP contribution in [-0.4, -0.2) is 6.61 Å². The monoisotopic (exact) mass is 286 g/mol. The van der Waals surface area contributed by atoms with Crippen LogP contribution in [0.2, 0.25) is 0 Å². The molecular weight excluding hydrogens is 275 g/mol. The SMILES string of the molecule is CCOP(=S)(Cl)Oc1ccc2ccccc2c1.